The number of benzene rings is 1. The van der Waals surface area contributed by atoms with Gasteiger partial charge in [0.2, 0.25) is 0 Å². The van der Waals surface area contributed by atoms with Crippen LogP contribution in [0.25, 0.3) is 0 Å². The molecule has 7 nitrogen and oxygen atoms in total. The fourth-order valence-corrected chi connectivity index (χ4v) is 3.02. The highest BCUT2D eigenvalue weighted by molar-refractivity contribution is 8.76. The summed E-state index contributed by atoms with van der Waals surface area (Å²) in [5.41, 5.74) is -0.000137. The number of phenolic OH excluding ortho intramolecular Hbond substituents is 1. The van der Waals surface area contributed by atoms with E-state index in [-0.39, 0.29) is 23.9 Å². The fourth-order valence-electron chi connectivity index (χ4n) is 1.37. The van der Waals surface area contributed by atoms with Crippen molar-refractivity contribution in [3.63, 3.8) is 0 Å². The summed E-state index contributed by atoms with van der Waals surface area (Å²) in [4.78, 5) is 33.7. The lowest BCUT2D eigenvalue weighted by atomic mass is 10.2. The molecule has 1 aromatic carbocycles. The highest BCUT2D eigenvalue weighted by atomic mass is 33.1. The molecule has 2 N–H and O–H groups in total. The number of hydrogen-bond donors (Lipinski definition) is 2. The number of nitrogens with one attached hydrogen (secondary N) is 1. The molecule has 0 bridgehead atoms. The van der Waals surface area contributed by atoms with Crippen LogP contribution in [0.15, 0.2) is 24.3 Å². The van der Waals surface area contributed by atoms with Gasteiger partial charge < -0.3 is 14.6 Å². The molecule has 23 heavy (non-hydrogen) atoms. The Hall–Kier alpha value is -1.87. The molecule has 0 aliphatic carbocycles. The first-order valence-electron chi connectivity index (χ1n) is 6.64. The summed E-state index contributed by atoms with van der Waals surface area (Å²) in [5.74, 6) is -0.0794. The molecule has 0 saturated carbocycles. The second kappa shape index (κ2) is 10.8. The Morgan fingerprint density at radius 1 is 1.09 bits per heavy atom. The summed E-state index contributed by atoms with van der Waals surface area (Å²) in [6.45, 7) is 1.81. The molecule has 0 aliphatic rings. The van der Waals surface area contributed by atoms with E-state index >= 15 is 0 Å². The van der Waals surface area contributed by atoms with Gasteiger partial charge in [-0.2, -0.15) is 0 Å². The van der Waals surface area contributed by atoms with Crippen molar-refractivity contribution in [3.8, 4) is 5.75 Å². The zero-order valence-corrected chi connectivity index (χ0v) is 14.1. The van der Waals surface area contributed by atoms with Crippen molar-refractivity contribution < 1.29 is 29.0 Å². The summed E-state index contributed by atoms with van der Waals surface area (Å²) < 4.78 is 9.60. The number of imide groups is 1. The number of phenols is 1. The first kappa shape index (κ1) is 19.2. The van der Waals surface area contributed by atoms with Crippen LogP contribution in [0.1, 0.15) is 17.3 Å². The molecule has 1 aromatic rings. The summed E-state index contributed by atoms with van der Waals surface area (Å²) >= 11 is 0. The molecule has 1 rings (SSSR count). The number of esters is 1. The Labute approximate surface area is 141 Å². The molecule has 2 amide bonds. The number of carbonyl (C=O) groups is 3. The van der Waals surface area contributed by atoms with Crippen molar-refractivity contribution in [2.24, 2.45) is 0 Å². The summed E-state index contributed by atoms with van der Waals surface area (Å²) in [6, 6.07) is 5.89. The molecule has 0 fully saturated rings. The molecule has 0 unspecified atom stereocenters. The van der Waals surface area contributed by atoms with Crippen molar-refractivity contribution in [1.29, 1.82) is 0 Å². The zero-order chi connectivity index (χ0) is 17.1. The van der Waals surface area contributed by atoms with Crippen LogP contribution >= 0.6 is 21.6 Å². The van der Waals surface area contributed by atoms with E-state index in [9.17, 15) is 19.5 Å². The van der Waals surface area contributed by atoms with Crippen LogP contribution in [-0.2, 0) is 14.3 Å². The minimum absolute atomic E-state index is 0.000137. The van der Waals surface area contributed by atoms with Gasteiger partial charge in [0.1, 0.15) is 19.0 Å². The number of amides is 2. The van der Waals surface area contributed by atoms with Crippen molar-refractivity contribution in [3.05, 3.63) is 29.8 Å². The van der Waals surface area contributed by atoms with Gasteiger partial charge >= 0.3 is 12.1 Å². The van der Waals surface area contributed by atoms with Crippen LogP contribution in [0.3, 0.4) is 0 Å². The Morgan fingerprint density at radius 3 is 2.30 bits per heavy atom. The third-order valence-electron chi connectivity index (χ3n) is 2.32. The lowest BCUT2D eigenvalue weighted by Gasteiger charge is -2.07. The predicted molar refractivity (Wildman–Crippen MR) is 88.5 cm³/mol. The van der Waals surface area contributed by atoms with Crippen molar-refractivity contribution in [2.75, 3.05) is 24.7 Å². The van der Waals surface area contributed by atoms with Crippen molar-refractivity contribution >= 4 is 39.6 Å². The van der Waals surface area contributed by atoms with Gasteiger partial charge in [-0.05, 0) is 12.1 Å². The molecule has 0 atom stereocenters. The quantitative estimate of drug-likeness (QED) is 0.414. The highest BCUT2D eigenvalue weighted by Gasteiger charge is 2.14. The van der Waals surface area contributed by atoms with E-state index in [1.165, 1.54) is 40.6 Å². The average molecular weight is 359 g/mol. The van der Waals surface area contributed by atoms with Crippen LogP contribution in [0, 0.1) is 0 Å². The maximum Gasteiger partial charge on any atom is 0.414 e. The second-order valence-corrected chi connectivity index (χ2v) is 6.79. The number of alkyl carbamates (subject to hydrolysis) is 1. The third kappa shape index (κ3) is 8.36. The first-order chi connectivity index (χ1) is 11.0. The van der Waals surface area contributed by atoms with Crippen LogP contribution in [0.5, 0.6) is 5.75 Å². The van der Waals surface area contributed by atoms with Crippen LogP contribution < -0.4 is 5.32 Å². The largest absolute Gasteiger partial charge is 0.507 e. The van der Waals surface area contributed by atoms with Crippen LogP contribution in [0.4, 0.5) is 4.79 Å². The predicted octanol–water partition coefficient (Wildman–Crippen LogP) is 2.20. The number of para-hydroxylation sites is 1. The smallest absolute Gasteiger partial charge is 0.414 e. The number of aromatic hydroxyl groups is 1. The average Bonchev–Trinajstić information content (AvgIpc) is 2.50. The van der Waals surface area contributed by atoms with E-state index in [1.807, 2.05) is 5.32 Å². The van der Waals surface area contributed by atoms with Gasteiger partial charge in [-0.3, -0.25) is 14.9 Å². The monoisotopic (exact) mass is 359 g/mol. The topological polar surface area (TPSA) is 102 Å². The van der Waals surface area contributed by atoms with Gasteiger partial charge in [0, 0.05) is 18.4 Å². The van der Waals surface area contributed by atoms with Gasteiger partial charge in [0.15, 0.2) is 0 Å². The van der Waals surface area contributed by atoms with E-state index in [2.05, 4.69) is 0 Å². The standard InChI is InChI=1S/C14H17NO6S2/c1-10(16)20-6-8-22-23-9-7-21-14(19)15-13(18)11-4-2-3-5-12(11)17/h2-5,17H,6-9H2,1H3,(H,15,18,19). The minimum atomic E-state index is -0.872. The molecule has 0 spiro atoms. The number of carbonyl (C=O) groups excluding carboxylic acids is 3. The maximum atomic E-state index is 11.7. The van der Waals surface area contributed by atoms with Gasteiger partial charge in [0.25, 0.3) is 5.91 Å². The Kier molecular flexibility index (Phi) is 9.00. The zero-order valence-electron chi connectivity index (χ0n) is 12.4. The highest BCUT2D eigenvalue weighted by Crippen LogP contribution is 2.20. The van der Waals surface area contributed by atoms with Crippen LogP contribution in [-0.4, -0.2) is 47.8 Å². The number of rotatable bonds is 8. The Balaban J connectivity index is 2.12. The third-order valence-corrected chi connectivity index (χ3v) is 4.65. The molecule has 0 aromatic heterocycles. The van der Waals surface area contributed by atoms with Crippen LogP contribution in [0.2, 0.25) is 0 Å². The normalized spacial score (nSPS) is 9.96. The lowest BCUT2D eigenvalue weighted by Crippen LogP contribution is -2.31. The SMILES string of the molecule is CC(=O)OCCSSCCOC(=O)NC(=O)c1ccccc1O. The van der Waals surface area contributed by atoms with Crippen molar-refractivity contribution in [2.45, 2.75) is 6.92 Å². The van der Waals surface area contributed by atoms with Crippen molar-refractivity contribution in [1.82, 2.24) is 5.32 Å². The number of hydrogen-bond acceptors (Lipinski definition) is 8. The second-order valence-electron chi connectivity index (χ2n) is 4.09. The molecule has 0 heterocycles. The van der Waals surface area contributed by atoms with E-state index < -0.39 is 12.0 Å². The van der Waals surface area contributed by atoms with Gasteiger partial charge in [-0.25, -0.2) is 4.79 Å². The maximum absolute atomic E-state index is 11.7. The Morgan fingerprint density at radius 2 is 1.70 bits per heavy atom. The van der Waals surface area contributed by atoms with Gasteiger partial charge in [-0.1, -0.05) is 33.7 Å². The molecule has 0 radical (unpaired) electrons. The molecule has 0 aliphatic heterocycles. The van der Waals surface area contributed by atoms with E-state index in [4.69, 9.17) is 9.47 Å². The molecule has 9 heteroatoms. The van der Waals surface area contributed by atoms with E-state index in [0.29, 0.717) is 18.1 Å². The van der Waals surface area contributed by atoms with E-state index in [1.54, 1.807) is 12.1 Å². The molecular weight excluding hydrogens is 342 g/mol. The summed E-state index contributed by atoms with van der Waals surface area (Å²) in [5, 5.41) is 11.5. The molecule has 126 valence electrons. The lowest BCUT2D eigenvalue weighted by molar-refractivity contribution is -0.140. The summed E-state index contributed by atoms with van der Waals surface area (Å²) in [7, 11) is 2.95. The van der Waals surface area contributed by atoms with Gasteiger partial charge in [0.05, 0.1) is 5.56 Å². The van der Waals surface area contributed by atoms with E-state index in [0.717, 1.165) is 0 Å². The first-order valence-corrected chi connectivity index (χ1v) is 9.13. The summed E-state index contributed by atoms with van der Waals surface area (Å²) in [6.07, 6.45) is -0.872. The minimum Gasteiger partial charge on any atom is -0.507 e. The number of ether oxygens (including phenoxy) is 2. The fraction of sp³-hybridized carbons (Fsp3) is 0.357. The molecular formula is C14H17NO6S2. The van der Waals surface area contributed by atoms with Gasteiger partial charge in [-0.15, -0.1) is 0 Å². The Bertz CT molecular complexity index is 552. The molecule has 0 saturated heterocycles.